The van der Waals surface area contributed by atoms with E-state index in [4.69, 9.17) is 0 Å². The summed E-state index contributed by atoms with van der Waals surface area (Å²) in [5.74, 6) is -1.37. The molecule has 0 bridgehead atoms. The minimum atomic E-state index is -0.764. The number of nitrogens with one attached hydrogen (secondary N) is 2. The number of fused-ring (bicyclic) bond motifs is 1. The maximum atomic E-state index is 11.9. The van der Waals surface area contributed by atoms with Crippen molar-refractivity contribution in [1.29, 1.82) is 0 Å². The minimum absolute atomic E-state index is 0.00729. The first-order valence-electron chi connectivity index (χ1n) is 7.05. The van der Waals surface area contributed by atoms with Crippen LogP contribution in [-0.2, 0) is 25.7 Å². The molecule has 2 N–H and O–H groups in total. The van der Waals surface area contributed by atoms with Gasteiger partial charge in [0.15, 0.2) is 0 Å². The van der Waals surface area contributed by atoms with E-state index in [1.54, 1.807) is 10.9 Å². The average molecular weight is 318 g/mol. The van der Waals surface area contributed by atoms with Crippen molar-refractivity contribution in [2.24, 2.45) is 0 Å². The largest absolute Gasteiger partial charge is 0.467 e. The predicted molar refractivity (Wildman–Crippen MR) is 82.4 cm³/mol. The van der Waals surface area contributed by atoms with Gasteiger partial charge in [-0.05, 0) is 13.0 Å². The van der Waals surface area contributed by atoms with Gasteiger partial charge >= 0.3 is 5.97 Å². The van der Waals surface area contributed by atoms with Crippen molar-refractivity contribution < 1.29 is 19.1 Å². The molecule has 8 nitrogen and oxygen atoms in total. The summed E-state index contributed by atoms with van der Waals surface area (Å²) in [5.41, 5.74) is 0.839. The Kier molecular flexibility index (Phi) is 5.29. The number of benzene rings is 1. The molecular formula is C15H18N4O4. The molecule has 1 aromatic heterocycles. The number of nitrogens with zero attached hydrogens (tertiary/aromatic N) is 2. The fraction of sp³-hybridized carbons (Fsp3) is 0.333. The summed E-state index contributed by atoms with van der Waals surface area (Å²) in [4.78, 5) is 34.7. The normalized spacial score (nSPS) is 11.7. The molecule has 2 amide bonds. The SMILES string of the molecule is COC(=O)C(C)NC(=O)CNC(=O)Cn1ncc2ccccc21. The molecule has 1 aromatic carbocycles. The van der Waals surface area contributed by atoms with Gasteiger partial charge in [0.1, 0.15) is 12.6 Å². The molecule has 0 aliphatic heterocycles. The van der Waals surface area contributed by atoms with Crippen LogP contribution in [0.1, 0.15) is 6.92 Å². The topological polar surface area (TPSA) is 102 Å². The summed E-state index contributed by atoms with van der Waals surface area (Å²) in [5, 5.41) is 9.98. The van der Waals surface area contributed by atoms with E-state index >= 15 is 0 Å². The van der Waals surface area contributed by atoms with Crippen molar-refractivity contribution in [3.8, 4) is 0 Å². The zero-order chi connectivity index (χ0) is 16.8. The lowest BCUT2D eigenvalue weighted by atomic mass is 10.2. The Morgan fingerprint density at radius 1 is 1.26 bits per heavy atom. The van der Waals surface area contributed by atoms with E-state index in [1.165, 1.54) is 14.0 Å². The first-order chi connectivity index (χ1) is 11.0. The number of amides is 2. The van der Waals surface area contributed by atoms with Crippen molar-refractivity contribution in [3.63, 3.8) is 0 Å². The summed E-state index contributed by atoms with van der Waals surface area (Å²) in [7, 11) is 1.24. The predicted octanol–water partition coefficient (Wildman–Crippen LogP) is -0.170. The van der Waals surface area contributed by atoms with Crippen LogP contribution in [0.25, 0.3) is 10.9 Å². The summed E-state index contributed by atoms with van der Waals surface area (Å²) < 4.78 is 6.05. The third-order valence-electron chi connectivity index (χ3n) is 3.22. The molecule has 2 aromatic rings. The van der Waals surface area contributed by atoms with Crippen LogP contribution in [0.15, 0.2) is 30.5 Å². The van der Waals surface area contributed by atoms with E-state index in [-0.39, 0.29) is 19.0 Å². The number of hydrogen-bond acceptors (Lipinski definition) is 5. The molecule has 23 heavy (non-hydrogen) atoms. The van der Waals surface area contributed by atoms with Crippen LogP contribution >= 0.6 is 0 Å². The Hall–Kier alpha value is -2.90. The summed E-state index contributed by atoms with van der Waals surface area (Å²) >= 11 is 0. The number of hydrogen-bond donors (Lipinski definition) is 2. The number of carbonyl (C=O) groups excluding carboxylic acids is 3. The summed E-state index contributed by atoms with van der Waals surface area (Å²) in [6.07, 6.45) is 1.67. The third kappa shape index (κ3) is 4.29. The molecule has 0 saturated carbocycles. The van der Waals surface area contributed by atoms with Gasteiger partial charge in [-0.15, -0.1) is 0 Å². The quantitative estimate of drug-likeness (QED) is 0.720. The van der Waals surface area contributed by atoms with Crippen LogP contribution in [0.3, 0.4) is 0 Å². The zero-order valence-corrected chi connectivity index (χ0v) is 12.9. The molecule has 1 unspecified atom stereocenters. The van der Waals surface area contributed by atoms with Crippen molar-refractivity contribution in [1.82, 2.24) is 20.4 Å². The fourth-order valence-corrected chi connectivity index (χ4v) is 2.05. The maximum absolute atomic E-state index is 11.9. The van der Waals surface area contributed by atoms with Gasteiger partial charge in [0, 0.05) is 5.39 Å². The molecule has 122 valence electrons. The summed E-state index contributed by atoms with van der Waals surface area (Å²) in [6, 6.07) is 6.75. The molecule has 0 aliphatic carbocycles. The second-order valence-corrected chi connectivity index (χ2v) is 4.95. The van der Waals surface area contributed by atoms with Crippen LogP contribution in [0.4, 0.5) is 0 Å². The highest BCUT2D eigenvalue weighted by Gasteiger charge is 2.16. The summed E-state index contributed by atoms with van der Waals surface area (Å²) in [6.45, 7) is 1.29. The molecule has 0 radical (unpaired) electrons. The van der Waals surface area contributed by atoms with Crippen LogP contribution < -0.4 is 10.6 Å². The van der Waals surface area contributed by atoms with Gasteiger partial charge < -0.3 is 15.4 Å². The van der Waals surface area contributed by atoms with Crippen LogP contribution in [-0.4, -0.2) is 47.3 Å². The Morgan fingerprint density at radius 2 is 2.00 bits per heavy atom. The lowest BCUT2D eigenvalue weighted by Crippen LogP contribution is -2.44. The Labute approximate surface area is 132 Å². The zero-order valence-electron chi connectivity index (χ0n) is 12.9. The molecule has 2 rings (SSSR count). The van der Waals surface area contributed by atoms with E-state index in [0.29, 0.717) is 0 Å². The van der Waals surface area contributed by atoms with Gasteiger partial charge in [-0.1, -0.05) is 18.2 Å². The van der Waals surface area contributed by atoms with Crippen molar-refractivity contribution >= 4 is 28.7 Å². The van der Waals surface area contributed by atoms with E-state index in [2.05, 4.69) is 20.5 Å². The number of ether oxygens (including phenoxy) is 1. The highest BCUT2D eigenvalue weighted by atomic mass is 16.5. The van der Waals surface area contributed by atoms with Crippen LogP contribution in [0.5, 0.6) is 0 Å². The second-order valence-electron chi connectivity index (χ2n) is 4.95. The van der Waals surface area contributed by atoms with E-state index in [9.17, 15) is 14.4 Å². The van der Waals surface area contributed by atoms with Crippen molar-refractivity contribution in [2.75, 3.05) is 13.7 Å². The standard InChI is InChI=1S/C15H18N4O4/c1-10(15(22)23-2)18-13(20)8-16-14(21)9-19-12-6-4-3-5-11(12)7-17-19/h3-7,10H,8-9H2,1-2H3,(H,16,21)(H,18,20). The highest BCUT2D eigenvalue weighted by Crippen LogP contribution is 2.11. The van der Waals surface area contributed by atoms with Gasteiger partial charge in [-0.3, -0.25) is 14.3 Å². The van der Waals surface area contributed by atoms with Gasteiger partial charge in [0.05, 0.1) is 25.4 Å². The molecule has 8 heteroatoms. The smallest absolute Gasteiger partial charge is 0.328 e. The third-order valence-corrected chi connectivity index (χ3v) is 3.22. The molecule has 0 aliphatic rings. The molecule has 1 atom stereocenters. The maximum Gasteiger partial charge on any atom is 0.328 e. The Morgan fingerprint density at radius 3 is 2.74 bits per heavy atom. The van der Waals surface area contributed by atoms with E-state index in [0.717, 1.165) is 10.9 Å². The lowest BCUT2D eigenvalue weighted by molar-refractivity contribution is -0.144. The van der Waals surface area contributed by atoms with Crippen molar-refractivity contribution in [2.45, 2.75) is 19.5 Å². The first-order valence-corrected chi connectivity index (χ1v) is 7.05. The first kappa shape index (κ1) is 16.5. The number of carbonyl (C=O) groups is 3. The van der Waals surface area contributed by atoms with E-state index in [1.807, 2.05) is 24.3 Å². The second kappa shape index (κ2) is 7.39. The number of aromatic nitrogens is 2. The minimum Gasteiger partial charge on any atom is -0.467 e. The van der Waals surface area contributed by atoms with Crippen LogP contribution in [0.2, 0.25) is 0 Å². The van der Waals surface area contributed by atoms with E-state index < -0.39 is 17.9 Å². The van der Waals surface area contributed by atoms with Gasteiger partial charge in [0.2, 0.25) is 11.8 Å². The fourth-order valence-electron chi connectivity index (χ4n) is 2.05. The molecule has 0 spiro atoms. The Balaban J connectivity index is 1.83. The monoisotopic (exact) mass is 318 g/mol. The van der Waals surface area contributed by atoms with Crippen LogP contribution in [0, 0.1) is 0 Å². The lowest BCUT2D eigenvalue weighted by Gasteiger charge is -2.12. The van der Waals surface area contributed by atoms with Gasteiger partial charge in [-0.25, -0.2) is 4.79 Å². The Bertz CT molecular complexity index is 725. The van der Waals surface area contributed by atoms with Crippen molar-refractivity contribution in [3.05, 3.63) is 30.5 Å². The number of rotatable bonds is 6. The number of esters is 1. The number of para-hydroxylation sites is 1. The van der Waals surface area contributed by atoms with Gasteiger partial charge in [0.25, 0.3) is 0 Å². The number of methoxy groups -OCH3 is 1. The molecule has 1 heterocycles. The highest BCUT2D eigenvalue weighted by molar-refractivity contribution is 5.88. The van der Waals surface area contributed by atoms with Gasteiger partial charge in [-0.2, -0.15) is 5.10 Å². The average Bonchev–Trinajstić information content (AvgIpc) is 2.95. The molecule has 0 saturated heterocycles. The molecular weight excluding hydrogens is 300 g/mol. The molecule has 0 fully saturated rings.